The number of aryl methyl sites for hydroxylation is 1. The summed E-state index contributed by atoms with van der Waals surface area (Å²) in [7, 11) is 1.94. The average molecular weight is 396 g/mol. The van der Waals surface area contributed by atoms with Gasteiger partial charge in [-0.2, -0.15) is 5.10 Å². The molecule has 1 saturated heterocycles. The van der Waals surface area contributed by atoms with E-state index in [0.717, 1.165) is 12.4 Å². The number of nitrogens with zero attached hydrogens (tertiary/aromatic N) is 7. The molecule has 1 N–H and O–H groups in total. The molecule has 4 rings (SSSR count). The lowest BCUT2D eigenvalue weighted by Gasteiger charge is -2.35. The number of nitrogens with one attached hydrogen (secondary N) is 1. The van der Waals surface area contributed by atoms with Crippen molar-refractivity contribution < 1.29 is 9.53 Å². The normalized spacial score (nSPS) is 16.8. The molecule has 0 aromatic carbocycles. The van der Waals surface area contributed by atoms with Gasteiger partial charge >= 0.3 is 0 Å². The Hall–Kier alpha value is -3.27. The van der Waals surface area contributed by atoms with Crippen molar-refractivity contribution in [1.29, 1.82) is 0 Å². The second-order valence-electron chi connectivity index (χ2n) is 6.83. The van der Waals surface area contributed by atoms with Crippen molar-refractivity contribution in [3.63, 3.8) is 0 Å². The number of hydrogen-bond acceptors (Lipinski definition) is 7. The first kappa shape index (κ1) is 19.1. The van der Waals surface area contributed by atoms with Gasteiger partial charge in [-0.15, -0.1) is 10.2 Å². The Morgan fingerprint density at radius 3 is 2.90 bits per heavy atom. The molecule has 152 valence electrons. The lowest BCUT2D eigenvalue weighted by Crippen LogP contribution is -2.49. The predicted octanol–water partition coefficient (Wildman–Crippen LogP) is 0.890. The van der Waals surface area contributed by atoms with Crippen molar-refractivity contribution in [2.24, 2.45) is 7.05 Å². The van der Waals surface area contributed by atoms with Gasteiger partial charge in [-0.25, -0.2) is 9.67 Å². The summed E-state index contributed by atoms with van der Waals surface area (Å²) in [5, 5.41) is 15.9. The summed E-state index contributed by atoms with van der Waals surface area (Å²) in [6, 6.07) is 3.37. The molecule has 1 atom stereocenters. The van der Waals surface area contributed by atoms with Crippen LogP contribution >= 0.6 is 0 Å². The van der Waals surface area contributed by atoms with Gasteiger partial charge in [-0.3, -0.25) is 4.79 Å². The van der Waals surface area contributed by atoms with Crippen LogP contribution in [-0.2, 0) is 7.05 Å². The van der Waals surface area contributed by atoms with Crippen LogP contribution in [-0.4, -0.2) is 66.6 Å². The first-order valence-electron chi connectivity index (χ1n) is 9.60. The van der Waals surface area contributed by atoms with E-state index in [2.05, 4.69) is 25.6 Å². The molecule has 3 aromatic rings. The summed E-state index contributed by atoms with van der Waals surface area (Å²) in [5.74, 6) is 1.78. The number of piperazine rings is 1. The summed E-state index contributed by atoms with van der Waals surface area (Å²) in [6.45, 7) is 6.27. The van der Waals surface area contributed by atoms with Crippen LogP contribution in [0.2, 0.25) is 0 Å². The van der Waals surface area contributed by atoms with Crippen molar-refractivity contribution >= 4 is 5.91 Å². The number of aromatic nitrogens is 6. The van der Waals surface area contributed by atoms with E-state index < -0.39 is 0 Å². The van der Waals surface area contributed by atoms with Crippen molar-refractivity contribution in [3.8, 4) is 11.7 Å². The molecule has 1 amide bonds. The minimum atomic E-state index is -0.135. The fourth-order valence-corrected chi connectivity index (χ4v) is 3.53. The van der Waals surface area contributed by atoms with Crippen molar-refractivity contribution in [3.05, 3.63) is 47.8 Å². The van der Waals surface area contributed by atoms with E-state index >= 15 is 0 Å². The number of amides is 1. The average Bonchev–Trinajstić information content (AvgIpc) is 3.34. The van der Waals surface area contributed by atoms with E-state index in [9.17, 15) is 4.79 Å². The molecule has 1 fully saturated rings. The molecule has 0 bridgehead atoms. The molecule has 0 radical (unpaired) electrons. The molecule has 0 spiro atoms. The van der Waals surface area contributed by atoms with Crippen LogP contribution in [0.15, 0.2) is 30.7 Å². The summed E-state index contributed by atoms with van der Waals surface area (Å²) in [5.41, 5.74) is 1.26. The second kappa shape index (κ2) is 8.00. The number of ether oxygens (including phenoxy) is 1. The molecule has 10 nitrogen and oxygen atoms in total. The van der Waals surface area contributed by atoms with Crippen molar-refractivity contribution in [2.45, 2.75) is 19.9 Å². The lowest BCUT2D eigenvalue weighted by molar-refractivity contribution is 0.0620. The predicted molar refractivity (Wildman–Crippen MR) is 105 cm³/mol. The molecule has 0 aliphatic carbocycles. The number of rotatable bonds is 5. The van der Waals surface area contributed by atoms with Crippen LogP contribution in [0.5, 0.6) is 5.88 Å². The highest BCUT2D eigenvalue weighted by atomic mass is 16.5. The molecule has 10 heteroatoms. The molecule has 1 aliphatic heterocycles. The molecule has 3 aromatic heterocycles. The van der Waals surface area contributed by atoms with Gasteiger partial charge in [0.2, 0.25) is 5.88 Å². The Bertz CT molecular complexity index is 994. The monoisotopic (exact) mass is 396 g/mol. The van der Waals surface area contributed by atoms with Gasteiger partial charge in [-0.1, -0.05) is 0 Å². The summed E-state index contributed by atoms with van der Waals surface area (Å²) < 4.78 is 8.90. The van der Waals surface area contributed by atoms with E-state index in [4.69, 9.17) is 4.74 Å². The Morgan fingerprint density at radius 1 is 1.34 bits per heavy atom. The van der Waals surface area contributed by atoms with Crippen LogP contribution in [0, 0.1) is 6.92 Å². The number of imidazole rings is 1. The Balaban J connectivity index is 1.61. The molecule has 4 heterocycles. The zero-order valence-electron chi connectivity index (χ0n) is 16.7. The van der Waals surface area contributed by atoms with Gasteiger partial charge in [0.05, 0.1) is 24.1 Å². The van der Waals surface area contributed by atoms with Crippen LogP contribution in [0.1, 0.15) is 34.8 Å². The van der Waals surface area contributed by atoms with Crippen LogP contribution < -0.4 is 10.1 Å². The number of hydrogen-bond donors (Lipinski definition) is 1. The van der Waals surface area contributed by atoms with E-state index in [1.54, 1.807) is 29.2 Å². The highest BCUT2D eigenvalue weighted by Gasteiger charge is 2.32. The Labute approximate surface area is 168 Å². The van der Waals surface area contributed by atoms with E-state index in [-0.39, 0.29) is 11.9 Å². The molecular weight excluding hydrogens is 372 g/mol. The quantitative estimate of drug-likeness (QED) is 0.683. The molecule has 29 heavy (non-hydrogen) atoms. The summed E-state index contributed by atoms with van der Waals surface area (Å²) >= 11 is 0. The first-order valence-corrected chi connectivity index (χ1v) is 9.60. The van der Waals surface area contributed by atoms with Gasteiger partial charge in [0, 0.05) is 45.1 Å². The van der Waals surface area contributed by atoms with Gasteiger partial charge < -0.3 is 19.5 Å². The van der Waals surface area contributed by atoms with E-state index in [1.165, 1.54) is 0 Å². The van der Waals surface area contributed by atoms with Crippen molar-refractivity contribution in [2.75, 3.05) is 26.2 Å². The van der Waals surface area contributed by atoms with Gasteiger partial charge in [0.25, 0.3) is 5.91 Å². The van der Waals surface area contributed by atoms with Crippen LogP contribution in [0.25, 0.3) is 5.82 Å². The summed E-state index contributed by atoms with van der Waals surface area (Å²) in [4.78, 5) is 19.7. The highest BCUT2D eigenvalue weighted by molar-refractivity contribution is 5.95. The van der Waals surface area contributed by atoms with E-state index in [1.807, 2.05) is 36.6 Å². The third-order valence-electron chi connectivity index (χ3n) is 5.04. The minimum Gasteiger partial charge on any atom is -0.477 e. The standard InChI is InChI=1S/C19H24N8O2/c1-4-29-17-6-5-16(23-24-17)27-13(2)14(11-22-27)19(28)26-10-7-20-12-15(26)18-21-8-9-25(18)3/h5-6,8-9,11,15,20H,4,7,10,12H2,1-3H3. The number of carbonyl (C=O) groups excluding carboxylic acids is 1. The fourth-order valence-electron chi connectivity index (χ4n) is 3.53. The van der Waals surface area contributed by atoms with Crippen molar-refractivity contribution in [1.82, 2.24) is 39.7 Å². The minimum absolute atomic E-state index is 0.0675. The van der Waals surface area contributed by atoms with Crippen LogP contribution in [0.4, 0.5) is 0 Å². The smallest absolute Gasteiger partial charge is 0.258 e. The molecular formula is C19H24N8O2. The molecule has 1 unspecified atom stereocenters. The Morgan fingerprint density at radius 2 is 2.21 bits per heavy atom. The third-order valence-corrected chi connectivity index (χ3v) is 5.04. The SMILES string of the molecule is CCOc1ccc(-n2ncc(C(=O)N3CCNCC3c3nccn3C)c2C)nn1. The van der Waals surface area contributed by atoms with Gasteiger partial charge in [0.1, 0.15) is 11.9 Å². The maximum absolute atomic E-state index is 13.4. The maximum atomic E-state index is 13.4. The largest absolute Gasteiger partial charge is 0.477 e. The number of carbonyl (C=O) groups is 1. The summed E-state index contributed by atoms with van der Waals surface area (Å²) in [6.07, 6.45) is 5.23. The highest BCUT2D eigenvalue weighted by Crippen LogP contribution is 2.24. The fraction of sp³-hybridized carbons (Fsp3) is 0.421. The van der Waals surface area contributed by atoms with Gasteiger partial charge in [-0.05, 0) is 19.9 Å². The topological polar surface area (TPSA) is 103 Å². The molecule has 0 saturated carbocycles. The maximum Gasteiger partial charge on any atom is 0.258 e. The zero-order chi connectivity index (χ0) is 20.4. The first-order chi connectivity index (χ1) is 14.1. The molecule has 1 aliphatic rings. The van der Waals surface area contributed by atoms with Crippen LogP contribution in [0.3, 0.4) is 0 Å². The zero-order valence-corrected chi connectivity index (χ0v) is 16.7. The second-order valence-corrected chi connectivity index (χ2v) is 6.83. The lowest BCUT2D eigenvalue weighted by atomic mass is 10.1. The third kappa shape index (κ3) is 3.58. The van der Waals surface area contributed by atoms with E-state index in [0.29, 0.717) is 42.7 Å². The van der Waals surface area contributed by atoms with Gasteiger partial charge in [0.15, 0.2) is 5.82 Å². The Kier molecular flexibility index (Phi) is 5.26.